The molecule has 2 N–H and O–H groups in total. The fourth-order valence-corrected chi connectivity index (χ4v) is 1.24. The highest BCUT2D eigenvalue weighted by atomic mass is 32.2. The van der Waals surface area contributed by atoms with Crippen molar-refractivity contribution in [1.82, 2.24) is 9.97 Å². The predicted octanol–water partition coefficient (Wildman–Crippen LogP) is 1.15. The maximum atomic E-state index is 10.4. The Morgan fingerprint density at radius 1 is 1.69 bits per heavy atom. The number of nitrogen functional groups attached to an aromatic ring is 1. The van der Waals surface area contributed by atoms with Crippen molar-refractivity contribution in [3.05, 3.63) is 24.4 Å². The number of rotatable bonds is 4. The third kappa shape index (κ3) is 2.55. The highest BCUT2D eigenvalue weighted by Crippen LogP contribution is 2.14. The fourth-order valence-electron chi connectivity index (χ4n) is 0.681. The van der Waals surface area contributed by atoms with Crippen LogP contribution in [0.25, 0.3) is 0 Å². The van der Waals surface area contributed by atoms with Crippen molar-refractivity contribution >= 4 is 23.9 Å². The van der Waals surface area contributed by atoms with E-state index in [1.165, 1.54) is 18.0 Å². The number of hydrogen-bond acceptors (Lipinski definition) is 5. The van der Waals surface area contributed by atoms with Gasteiger partial charge in [-0.15, -0.1) is 6.58 Å². The Balaban J connectivity index is 2.82. The minimum absolute atomic E-state index is 0.219. The molecule has 0 saturated heterocycles. The molecule has 0 aromatic carbocycles. The Kier molecular flexibility index (Phi) is 3.45. The topological polar surface area (TPSA) is 68.9 Å². The normalized spacial score (nSPS) is 9.54. The van der Waals surface area contributed by atoms with Crippen molar-refractivity contribution in [3.8, 4) is 0 Å². The van der Waals surface area contributed by atoms with E-state index >= 15 is 0 Å². The zero-order valence-electron chi connectivity index (χ0n) is 6.93. The van der Waals surface area contributed by atoms with Crippen molar-refractivity contribution in [1.29, 1.82) is 0 Å². The van der Waals surface area contributed by atoms with E-state index in [0.29, 0.717) is 17.0 Å². The first-order chi connectivity index (χ1) is 6.27. The average Bonchev–Trinajstić information content (AvgIpc) is 2.15. The molecule has 68 valence electrons. The largest absolute Gasteiger partial charge is 0.383 e. The van der Waals surface area contributed by atoms with Crippen LogP contribution >= 0.6 is 11.8 Å². The lowest BCUT2D eigenvalue weighted by Crippen LogP contribution is -1.99. The van der Waals surface area contributed by atoms with Gasteiger partial charge in [0.05, 0.1) is 5.56 Å². The third-order valence-corrected chi connectivity index (χ3v) is 2.14. The predicted molar refractivity (Wildman–Crippen MR) is 52.8 cm³/mol. The standard InChI is InChI=1S/C8H9N3OS/c1-2-3-13-8-10-4-6(5-12)7(9)11-8/h2,4-5H,1,3H2,(H2,9,10,11). The van der Waals surface area contributed by atoms with Crippen LogP contribution in [-0.2, 0) is 0 Å². The minimum atomic E-state index is 0.219. The summed E-state index contributed by atoms with van der Waals surface area (Å²) in [7, 11) is 0. The van der Waals surface area contributed by atoms with Gasteiger partial charge in [-0.3, -0.25) is 4.79 Å². The molecule has 0 spiro atoms. The van der Waals surface area contributed by atoms with Crippen molar-refractivity contribution in [2.24, 2.45) is 0 Å². The van der Waals surface area contributed by atoms with E-state index in [0.717, 1.165) is 5.75 Å². The molecular weight excluding hydrogens is 186 g/mol. The molecule has 0 radical (unpaired) electrons. The second kappa shape index (κ2) is 4.61. The Labute approximate surface area is 80.3 Å². The van der Waals surface area contributed by atoms with Gasteiger partial charge in [0.25, 0.3) is 0 Å². The number of nitrogens with zero attached hydrogens (tertiary/aromatic N) is 2. The Hall–Kier alpha value is -1.36. The SMILES string of the molecule is C=CCSc1ncc(C=O)c(N)n1. The van der Waals surface area contributed by atoms with Crippen molar-refractivity contribution in [2.45, 2.75) is 5.16 Å². The lowest BCUT2D eigenvalue weighted by molar-refractivity contribution is 0.112. The Morgan fingerprint density at radius 2 is 2.46 bits per heavy atom. The van der Waals surface area contributed by atoms with Crippen LogP contribution in [0.1, 0.15) is 10.4 Å². The number of carbonyl (C=O) groups is 1. The highest BCUT2D eigenvalue weighted by Gasteiger charge is 2.02. The van der Waals surface area contributed by atoms with Gasteiger partial charge < -0.3 is 5.73 Å². The highest BCUT2D eigenvalue weighted by molar-refractivity contribution is 7.99. The van der Waals surface area contributed by atoms with E-state index in [2.05, 4.69) is 16.5 Å². The molecule has 0 saturated carbocycles. The first kappa shape index (κ1) is 9.73. The van der Waals surface area contributed by atoms with Crippen molar-refractivity contribution in [2.75, 3.05) is 11.5 Å². The van der Waals surface area contributed by atoms with E-state index < -0.39 is 0 Å². The Bertz CT molecular complexity index is 327. The number of anilines is 1. The molecule has 0 atom stereocenters. The van der Waals surface area contributed by atoms with Gasteiger partial charge in [-0.1, -0.05) is 17.8 Å². The molecule has 1 aromatic heterocycles. The molecule has 0 aliphatic carbocycles. The van der Waals surface area contributed by atoms with Crippen LogP contribution in [0.4, 0.5) is 5.82 Å². The van der Waals surface area contributed by atoms with Gasteiger partial charge in [0.2, 0.25) is 0 Å². The first-order valence-corrected chi connectivity index (χ1v) is 4.58. The van der Waals surface area contributed by atoms with Crippen LogP contribution in [0.2, 0.25) is 0 Å². The molecule has 0 amide bonds. The molecule has 1 rings (SSSR count). The van der Waals surface area contributed by atoms with Crippen LogP contribution in [0.5, 0.6) is 0 Å². The smallest absolute Gasteiger partial charge is 0.189 e. The lowest BCUT2D eigenvalue weighted by Gasteiger charge is -1.99. The summed E-state index contributed by atoms with van der Waals surface area (Å²) in [6, 6.07) is 0. The molecule has 0 fully saturated rings. The summed E-state index contributed by atoms with van der Waals surface area (Å²) in [4.78, 5) is 18.2. The summed E-state index contributed by atoms with van der Waals surface area (Å²) in [6.07, 6.45) is 3.80. The summed E-state index contributed by atoms with van der Waals surface area (Å²) >= 11 is 1.42. The molecule has 4 nitrogen and oxygen atoms in total. The summed E-state index contributed by atoms with van der Waals surface area (Å²) < 4.78 is 0. The molecule has 0 aliphatic rings. The number of thioether (sulfide) groups is 1. The Morgan fingerprint density at radius 3 is 3.00 bits per heavy atom. The summed E-state index contributed by atoms with van der Waals surface area (Å²) in [5, 5.41) is 0.558. The summed E-state index contributed by atoms with van der Waals surface area (Å²) in [5.41, 5.74) is 5.80. The van der Waals surface area contributed by atoms with Crippen LogP contribution < -0.4 is 5.73 Å². The molecule has 5 heteroatoms. The molecule has 0 aliphatic heterocycles. The number of carbonyl (C=O) groups excluding carboxylic acids is 1. The monoisotopic (exact) mass is 195 g/mol. The van der Waals surface area contributed by atoms with Crippen LogP contribution in [-0.4, -0.2) is 22.0 Å². The van der Waals surface area contributed by atoms with Gasteiger partial charge in [-0.05, 0) is 0 Å². The average molecular weight is 195 g/mol. The second-order valence-electron chi connectivity index (χ2n) is 2.21. The van der Waals surface area contributed by atoms with E-state index in [1.54, 1.807) is 6.08 Å². The van der Waals surface area contributed by atoms with E-state index in [9.17, 15) is 4.79 Å². The quantitative estimate of drug-likeness (QED) is 0.338. The van der Waals surface area contributed by atoms with E-state index in [4.69, 9.17) is 5.73 Å². The van der Waals surface area contributed by atoms with E-state index in [1.807, 2.05) is 0 Å². The van der Waals surface area contributed by atoms with Crippen LogP contribution in [0.3, 0.4) is 0 Å². The number of hydrogen-bond donors (Lipinski definition) is 1. The van der Waals surface area contributed by atoms with Crippen LogP contribution in [0, 0.1) is 0 Å². The van der Waals surface area contributed by atoms with Crippen molar-refractivity contribution < 1.29 is 4.79 Å². The number of aromatic nitrogens is 2. The minimum Gasteiger partial charge on any atom is -0.383 e. The van der Waals surface area contributed by atoms with E-state index in [-0.39, 0.29) is 5.82 Å². The zero-order valence-corrected chi connectivity index (χ0v) is 7.75. The molecule has 0 bridgehead atoms. The first-order valence-electron chi connectivity index (χ1n) is 3.59. The molecule has 1 aromatic rings. The molecule has 0 unspecified atom stereocenters. The zero-order chi connectivity index (χ0) is 9.68. The van der Waals surface area contributed by atoms with Gasteiger partial charge in [-0.25, -0.2) is 9.97 Å². The van der Waals surface area contributed by atoms with Gasteiger partial charge >= 0.3 is 0 Å². The molecular formula is C8H9N3OS. The number of nitrogens with two attached hydrogens (primary N) is 1. The lowest BCUT2D eigenvalue weighted by atomic mass is 10.3. The van der Waals surface area contributed by atoms with Gasteiger partial charge in [-0.2, -0.15) is 0 Å². The maximum absolute atomic E-state index is 10.4. The van der Waals surface area contributed by atoms with Gasteiger partial charge in [0, 0.05) is 11.9 Å². The third-order valence-electron chi connectivity index (χ3n) is 1.28. The van der Waals surface area contributed by atoms with Crippen LogP contribution in [0.15, 0.2) is 24.0 Å². The molecule has 13 heavy (non-hydrogen) atoms. The second-order valence-corrected chi connectivity index (χ2v) is 3.20. The fraction of sp³-hybridized carbons (Fsp3) is 0.125. The van der Waals surface area contributed by atoms with Gasteiger partial charge in [0.1, 0.15) is 5.82 Å². The van der Waals surface area contributed by atoms with Gasteiger partial charge in [0.15, 0.2) is 11.4 Å². The summed E-state index contributed by atoms with van der Waals surface area (Å²) in [6.45, 7) is 3.57. The number of aldehydes is 1. The molecule has 1 heterocycles. The van der Waals surface area contributed by atoms with Crippen molar-refractivity contribution in [3.63, 3.8) is 0 Å². The maximum Gasteiger partial charge on any atom is 0.189 e. The summed E-state index contributed by atoms with van der Waals surface area (Å²) in [5.74, 6) is 0.941.